The number of anilines is 2. The molecule has 0 aliphatic carbocycles. The summed E-state index contributed by atoms with van der Waals surface area (Å²) in [6, 6.07) is 11.3. The number of amides is 1. The second-order valence-corrected chi connectivity index (χ2v) is 6.78. The van der Waals surface area contributed by atoms with Crippen LogP contribution in [0.1, 0.15) is 21.6 Å². The molecule has 0 atom stereocenters. The molecule has 0 unspecified atom stereocenters. The molecule has 0 aliphatic rings. The van der Waals surface area contributed by atoms with Crippen molar-refractivity contribution >= 4 is 40.9 Å². The van der Waals surface area contributed by atoms with Crippen molar-refractivity contribution < 1.29 is 9.18 Å². The molecule has 0 bridgehead atoms. The molecule has 9 heteroatoms. The number of primary amides is 1. The zero-order valence-electron chi connectivity index (χ0n) is 16.6. The summed E-state index contributed by atoms with van der Waals surface area (Å²) < 4.78 is 15.0. The number of nitrogens with zero attached hydrogens (tertiary/aromatic N) is 4. The lowest BCUT2D eigenvalue weighted by atomic mass is 10.1. The minimum atomic E-state index is -0.498. The third-order valence-electron chi connectivity index (χ3n) is 4.81. The second kappa shape index (κ2) is 8.08. The van der Waals surface area contributed by atoms with Crippen LogP contribution in [0.15, 0.2) is 42.5 Å². The van der Waals surface area contributed by atoms with Gasteiger partial charge >= 0.3 is 0 Å². The van der Waals surface area contributed by atoms with Crippen molar-refractivity contribution in [1.29, 1.82) is 0 Å². The Morgan fingerprint density at radius 1 is 1.10 bits per heavy atom. The van der Waals surface area contributed by atoms with E-state index in [1.807, 2.05) is 27.0 Å². The Morgan fingerprint density at radius 3 is 2.47 bits per heavy atom. The molecule has 4 aromatic rings. The molecule has 154 valence electrons. The molecule has 30 heavy (non-hydrogen) atoms. The Hall–Kier alpha value is -3.52. The van der Waals surface area contributed by atoms with E-state index in [0.29, 0.717) is 39.5 Å². The van der Waals surface area contributed by atoms with Gasteiger partial charge in [0.15, 0.2) is 11.6 Å². The summed E-state index contributed by atoms with van der Waals surface area (Å²) in [6.07, 6.45) is 0. The predicted octanol–water partition coefficient (Wildman–Crippen LogP) is 4.05. The zero-order valence-corrected chi connectivity index (χ0v) is 17.4. The van der Waals surface area contributed by atoms with Gasteiger partial charge in [-0.05, 0) is 55.8 Å². The number of rotatable bonds is 4. The molecule has 1 amide bonds. The Bertz CT molecular complexity index is 1250. The lowest BCUT2D eigenvalue weighted by molar-refractivity contribution is 0.0999. The molecule has 4 rings (SSSR count). The van der Waals surface area contributed by atoms with Gasteiger partial charge in [0.25, 0.3) is 0 Å². The summed E-state index contributed by atoms with van der Waals surface area (Å²) >= 11 is 0. The van der Waals surface area contributed by atoms with E-state index in [1.54, 1.807) is 28.9 Å². The lowest BCUT2D eigenvalue weighted by Crippen LogP contribution is -2.13. The third kappa shape index (κ3) is 3.69. The van der Waals surface area contributed by atoms with Crippen LogP contribution in [0.2, 0.25) is 0 Å². The van der Waals surface area contributed by atoms with Crippen LogP contribution < -0.4 is 11.1 Å². The summed E-state index contributed by atoms with van der Waals surface area (Å²) in [4.78, 5) is 21.0. The van der Waals surface area contributed by atoms with Crippen molar-refractivity contribution in [3.05, 3.63) is 65.1 Å². The van der Waals surface area contributed by atoms with Gasteiger partial charge in [-0.3, -0.25) is 9.48 Å². The first-order chi connectivity index (χ1) is 13.8. The fourth-order valence-electron chi connectivity index (χ4n) is 3.32. The van der Waals surface area contributed by atoms with Crippen molar-refractivity contribution in [2.75, 3.05) is 5.32 Å². The van der Waals surface area contributed by atoms with E-state index in [0.717, 1.165) is 11.2 Å². The summed E-state index contributed by atoms with van der Waals surface area (Å²) in [6.45, 7) is 3.68. The number of nitrogens with one attached hydrogen (secondary N) is 1. The van der Waals surface area contributed by atoms with E-state index in [-0.39, 0.29) is 18.2 Å². The lowest BCUT2D eigenvalue weighted by Gasteiger charge is -2.13. The van der Waals surface area contributed by atoms with E-state index in [1.165, 1.54) is 12.1 Å². The van der Waals surface area contributed by atoms with Gasteiger partial charge in [-0.1, -0.05) is 6.07 Å². The van der Waals surface area contributed by atoms with Crippen molar-refractivity contribution in [1.82, 2.24) is 19.7 Å². The number of carbonyl (C=O) groups excluding carboxylic acids is 1. The number of aromatic nitrogens is 4. The van der Waals surface area contributed by atoms with E-state index in [2.05, 4.69) is 20.4 Å². The number of hydrogen-bond donors (Lipinski definition) is 2. The van der Waals surface area contributed by atoms with Crippen LogP contribution in [0.3, 0.4) is 0 Å². The third-order valence-corrected chi connectivity index (χ3v) is 4.81. The topological polar surface area (TPSA) is 98.7 Å². The van der Waals surface area contributed by atoms with Crippen molar-refractivity contribution in [3.63, 3.8) is 0 Å². The van der Waals surface area contributed by atoms with Crippen LogP contribution >= 0.6 is 12.4 Å². The maximum Gasteiger partial charge on any atom is 0.249 e. The quantitative estimate of drug-likeness (QED) is 0.513. The number of benzene rings is 2. The summed E-state index contributed by atoms with van der Waals surface area (Å²) in [5.41, 5.74) is 10.2. The number of nitrogens with two attached hydrogens (primary N) is 1. The SMILES string of the molecule is Cc1c(Nc2nc(-c3ccc(F)cc3)nc3c(C)nn(C)c23)cccc1C(N)=O.Cl. The molecule has 0 aliphatic heterocycles. The molecular weight excluding hydrogens is 407 g/mol. The first kappa shape index (κ1) is 21.2. The molecule has 2 heterocycles. The maximum atomic E-state index is 13.3. The molecule has 2 aromatic carbocycles. The van der Waals surface area contributed by atoms with Crippen LogP contribution in [-0.4, -0.2) is 25.7 Å². The van der Waals surface area contributed by atoms with Gasteiger partial charge in [-0.2, -0.15) is 5.10 Å². The molecule has 7 nitrogen and oxygen atoms in total. The van der Waals surface area contributed by atoms with Gasteiger partial charge in [0, 0.05) is 23.9 Å². The van der Waals surface area contributed by atoms with Crippen LogP contribution in [-0.2, 0) is 7.05 Å². The average Bonchev–Trinajstić information content (AvgIpc) is 2.97. The van der Waals surface area contributed by atoms with Crippen molar-refractivity contribution in [2.45, 2.75) is 13.8 Å². The van der Waals surface area contributed by atoms with Crippen LogP contribution in [0.5, 0.6) is 0 Å². The molecule has 0 spiro atoms. The minimum absolute atomic E-state index is 0. The first-order valence-corrected chi connectivity index (χ1v) is 8.99. The van der Waals surface area contributed by atoms with Crippen LogP contribution in [0, 0.1) is 19.7 Å². The van der Waals surface area contributed by atoms with Gasteiger partial charge < -0.3 is 11.1 Å². The second-order valence-electron chi connectivity index (χ2n) is 6.78. The summed E-state index contributed by atoms with van der Waals surface area (Å²) in [5, 5.41) is 7.74. The molecule has 2 aromatic heterocycles. The molecular formula is C21H20ClFN6O. The van der Waals surface area contributed by atoms with Gasteiger partial charge in [0.2, 0.25) is 5.91 Å². The maximum absolute atomic E-state index is 13.3. The number of halogens is 2. The van der Waals surface area contributed by atoms with Gasteiger partial charge in [0.1, 0.15) is 16.9 Å². The van der Waals surface area contributed by atoms with Crippen LogP contribution in [0.4, 0.5) is 15.9 Å². The largest absolute Gasteiger partial charge is 0.366 e. The molecule has 0 fully saturated rings. The van der Waals surface area contributed by atoms with Gasteiger partial charge in [-0.15, -0.1) is 12.4 Å². The Labute approximate surface area is 178 Å². The minimum Gasteiger partial charge on any atom is -0.366 e. The smallest absolute Gasteiger partial charge is 0.249 e. The predicted molar refractivity (Wildman–Crippen MR) is 117 cm³/mol. The normalized spacial score (nSPS) is 10.7. The molecule has 3 N–H and O–H groups in total. The van der Waals surface area contributed by atoms with E-state index in [4.69, 9.17) is 5.73 Å². The van der Waals surface area contributed by atoms with Crippen LogP contribution in [0.25, 0.3) is 22.4 Å². The number of carbonyl (C=O) groups is 1. The summed E-state index contributed by atoms with van der Waals surface area (Å²) in [7, 11) is 1.81. The highest BCUT2D eigenvalue weighted by Gasteiger charge is 2.18. The summed E-state index contributed by atoms with van der Waals surface area (Å²) in [5.74, 6) is 0.147. The Balaban J connectivity index is 0.00000256. The molecule has 0 radical (unpaired) electrons. The highest BCUT2D eigenvalue weighted by molar-refractivity contribution is 5.97. The standard InChI is InChI=1S/C21H19FN6O.ClH/c1-11-15(19(23)29)5-4-6-16(11)24-21-18-17(12(2)27-28(18)3)25-20(26-21)13-7-9-14(22)10-8-13;/h4-10H,1-3H3,(H2,23,29)(H,24,25,26);1H. The van der Waals surface area contributed by atoms with E-state index >= 15 is 0 Å². The van der Waals surface area contributed by atoms with Gasteiger partial charge in [-0.25, -0.2) is 14.4 Å². The highest BCUT2D eigenvalue weighted by atomic mass is 35.5. The zero-order chi connectivity index (χ0) is 20.7. The molecule has 0 saturated heterocycles. The fourth-order valence-corrected chi connectivity index (χ4v) is 3.32. The number of aryl methyl sites for hydroxylation is 2. The number of fused-ring (bicyclic) bond motifs is 1. The Kier molecular flexibility index (Phi) is 5.71. The molecule has 0 saturated carbocycles. The van der Waals surface area contributed by atoms with E-state index in [9.17, 15) is 9.18 Å². The average molecular weight is 427 g/mol. The Morgan fingerprint density at radius 2 is 1.80 bits per heavy atom. The highest BCUT2D eigenvalue weighted by Crippen LogP contribution is 2.30. The van der Waals surface area contributed by atoms with Crippen molar-refractivity contribution in [2.24, 2.45) is 12.8 Å². The fraction of sp³-hybridized carbons (Fsp3) is 0.143. The first-order valence-electron chi connectivity index (χ1n) is 8.99. The van der Waals surface area contributed by atoms with Crippen molar-refractivity contribution in [3.8, 4) is 11.4 Å². The number of hydrogen-bond acceptors (Lipinski definition) is 5. The van der Waals surface area contributed by atoms with E-state index < -0.39 is 5.91 Å². The van der Waals surface area contributed by atoms with Gasteiger partial charge in [0.05, 0.1) is 5.69 Å². The monoisotopic (exact) mass is 426 g/mol.